The number of fused-ring (bicyclic) bond motifs is 1. The summed E-state index contributed by atoms with van der Waals surface area (Å²) in [5.74, 6) is -1.16. The third-order valence-corrected chi connectivity index (χ3v) is 7.12. The molecular weight excluding hydrogens is 440 g/mol. The van der Waals surface area contributed by atoms with Gasteiger partial charge in [-0.05, 0) is 43.3 Å². The van der Waals surface area contributed by atoms with Crippen molar-refractivity contribution in [2.24, 2.45) is 0 Å². The van der Waals surface area contributed by atoms with Gasteiger partial charge in [0, 0.05) is 50.4 Å². The summed E-state index contributed by atoms with van der Waals surface area (Å²) in [4.78, 5) is 35.6. The summed E-state index contributed by atoms with van der Waals surface area (Å²) in [6.07, 6.45) is 4.15. The number of rotatable bonds is 4. The van der Waals surface area contributed by atoms with Crippen LogP contribution in [0.4, 0.5) is 14.5 Å². The molecule has 3 aromatic rings. The Labute approximate surface area is 195 Å². The number of amides is 1. The van der Waals surface area contributed by atoms with E-state index in [2.05, 4.69) is 20.2 Å². The number of likely N-dealkylation sites (tertiary alicyclic amines) is 1. The van der Waals surface area contributed by atoms with E-state index >= 15 is 0 Å². The van der Waals surface area contributed by atoms with Crippen molar-refractivity contribution in [2.75, 3.05) is 38.1 Å². The van der Waals surface area contributed by atoms with Crippen LogP contribution >= 0.6 is 0 Å². The normalized spacial score (nSPS) is 19.6. The predicted molar refractivity (Wildman–Crippen MR) is 126 cm³/mol. The fourth-order valence-corrected chi connectivity index (χ4v) is 5.27. The van der Waals surface area contributed by atoms with Crippen LogP contribution in [0.5, 0.6) is 0 Å². The molecule has 5 rings (SSSR count). The van der Waals surface area contributed by atoms with Gasteiger partial charge in [0.05, 0.1) is 17.3 Å². The molecule has 4 heterocycles. The molecule has 9 heteroatoms. The molecule has 1 aromatic carbocycles. The number of piperidine rings is 1. The minimum absolute atomic E-state index is 0.0659. The van der Waals surface area contributed by atoms with Gasteiger partial charge in [0.25, 0.3) is 11.5 Å². The number of H-pyrrole nitrogens is 1. The molecule has 2 aliphatic rings. The van der Waals surface area contributed by atoms with Crippen molar-refractivity contribution in [3.63, 3.8) is 0 Å². The average molecular weight is 468 g/mol. The van der Waals surface area contributed by atoms with Crippen molar-refractivity contribution in [1.29, 1.82) is 0 Å². The minimum atomic E-state index is -0.500. The van der Waals surface area contributed by atoms with Gasteiger partial charge in [0.15, 0.2) is 0 Å². The number of hydrogen-bond acceptors (Lipinski definition) is 5. The van der Waals surface area contributed by atoms with Crippen molar-refractivity contribution < 1.29 is 13.6 Å². The van der Waals surface area contributed by atoms with Crippen LogP contribution in [-0.2, 0) is 0 Å². The van der Waals surface area contributed by atoms with Crippen molar-refractivity contribution in [3.05, 3.63) is 69.9 Å². The molecule has 1 amide bonds. The molecule has 178 valence electrons. The summed E-state index contributed by atoms with van der Waals surface area (Å²) >= 11 is 0. The first kappa shape index (κ1) is 22.5. The molecule has 0 saturated carbocycles. The maximum atomic E-state index is 14.6. The molecule has 0 radical (unpaired) electrons. The van der Waals surface area contributed by atoms with E-state index in [4.69, 9.17) is 0 Å². The number of carbonyl (C=O) groups is 1. The number of nitrogens with one attached hydrogen (secondary N) is 2. The van der Waals surface area contributed by atoms with Gasteiger partial charge in [0.1, 0.15) is 17.3 Å². The highest BCUT2D eigenvalue weighted by Crippen LogP contribution is 2.32. The van der Waals surface area contributed by atoms with Crippen molar-refractivity contribution in [3.8, 4) is 0 Å². The number of aromatic nitrogens is 2. The highest BCUT2D eigenvalue weighted by molar-refractivity contribution is 5.92. The van der Waals surface area contributed by atoms with Crippen LogP contribution in [-0.4, -0.2) is 60.0 Å². The number of carbonyl (C=O) groups excluding carboxylic acids is 1. The van der Waals surface area contributed by atoms with Gasteiger partial charge in [0.2, 0.25) is 0 Å². The summed E-state index contributed by atoms with van der Waals surface area (Å²) in [5, 5.41) is 3.19. The lowest BCUT2D eigenvalue weighted by Crippen LogP contribution is -2.44. The van der Waals surface area contributed by atoms with E-state index in [1.807, 2.05) is 11.0 Å². The summed E-state index contributed by atoms with van der Waals surface area (Å²) < 4.78 is 28.6. The van der Waals surface area contributed by atoms with Crippen LogP contribution in [0.3, 0.4) is 0 Å². The highest BCUT2D eigenvalue weighted by atomic mass is 19.1. The number of aromatic amines is 1. The molecule has 2 aromatic heterocycles. The largest absolute Gasteiger partial charge is 0.368 e. The van der Waals surface area contributed by atoms with Crippen LogP contribution < -0.4 is 15.8 Å². The lowest BCUT2D eigenvalue weighted by atomic mass is 10.0. The zero-order valence-corrected chi connectivity index (χ0v) is 19.0. The number of pyridine rings is 2. The van der Waals surface area contributed by atoms with Crippen LogP contribution in [0, 0.1) is 11.6 Å². The third kappa shape index (κ3) is 4.16. The summed E-state index contributed by atoms with van der Waals surface area (Å²) in [5.41, 5.74) is 0.963. The number of nitrogens with zero attached hydrogens (tertiary/aromatic N) is 3. The molecule has 7 nitrogen and oxygen atoms in total. The molecule has 1 atom stereocenters. The molecule has 2 N–H and O–H groups in total. The highest BCUT2D eigenvalue weighted by Gasteiger charge is 2.32. The molecule has 2 saturated heterocycles. The predicted octanol–water partition coefficient (Wildman–Crippen LogP) is 3.02. The van der Waals surface area contributed by atoms with Crippen molar-refractivity contribution >= 4 is 22.4 Å². The van der Waals surface area contributed by atoms with Gasteiger partial charge in [-0.15, -0.1) is 0 Å². The standard InChI is InChI=1S/C25H27F2N5O2/c1-28-24(33)21-12-19(27)22(13-29-21)31-9-6-17(7-10-31)32-8-5-16(14-32)20-11-15-3-2-4-18(26)23(15)25(34)30-20/h2-4,11-13,16-17H,5-10,14H2,1H3,(H,28,33)(H,30,34). The molecule has 1 unspecified atom stereocenters. The number of benzene rings is 1. The Hall–Kier alpha value is -3.33. The monoisotopic (exact) mass is 467 g/mol. The number of anilines is 1. The van der Waals surface area contributed by atoms with Crippen molar-refractivity contribution in [2.45, 2.75) is 31.2 Å². The smallest absolute Gasteiger partial charge is 0.269 e. The van der Waals surface area contributed by atoms with Crippen LogP contribution in [0.15, 0.2) is 41.3 Å². The molecule has 34 heavy (non-hydrogen) atoms. The Bertz CT molecular complexity index is 1290. The maximum Gasteiger partial charge on any atom is 0.269 e. The second kappa shape index (κ2) is 9.13. The zero-order valence-electron chi connectivity index (χ0n) is 19.0. The van der Waals surface area contributed by atoms with E-state index in [0.29, 0.717) is 30.2 Å². The Morgan fingerprint density at radius 1 is 1.12 bits per heavy atom. The van der Waals surface area contributed by atoms with Crippen LogP contribution in [0.25, 0.3) is 10.8 Å². The molecule has 0 aliphatic carbocycles. The first-order valence-electron chi connectivity index (χ1n) is 11.6. The van der Waals surface area contributed by atoms with E-state index in [9.17, 15) is 18.4 Å². The fourth-order valence-electron chi connectivity index (χ4n) is 5.27. The second-order valence-corrected chi connectivity index (χ2v) is 9.06. The Morgan fingerprint density at radius 2 is 1.91 bits per heavy atom. The third-order valence-electron chi connectivity index (χ3n) is 7.12. The first-order chi connectivity index (χ1) is 16.4. The summed E-state index contributed by atoms with van der Waals surface area (Å²) in [6.45, 7) is 3.17. The quantitative estimate of drug-likeness (QED) is 0.617. The SMILES string of the molecule is CNC(=O)c1cc(F)c(N2CCC(N3CCC(c4cc5cccc(F)c5c(=O)[nH]4)C3)CC2)cn1. The molecule has 0 bridgehead atoms. The van der Waals surface area contributed by atoms with Gasteiger partial charge in [-0.3, -0.25) is 14.5 Å². The zero-order chi connectivity index (χ0) is 23.8. The maximum absolute atomic E-state index is 14.6. The Balaban J connectivity index is 1.23. The van der Waals surface area contributed by atoms with E-state index in [1.165, 1.54) is 25.4 Å². The molecular formula is C25H27F2N5O2. The van der Waals surface area contributed by atoms with E-state index in [1.54, 1.807) is 12.1 Å². The van der Waals surface area contributed by atoms with Gasteiger partial charge < -0.3 is 15.2 Å². The second-order valence-electron chi connectivity index (χ2n) is 9.06. The van der Waals surface area contributed by atoms with E-state index in [-0.39, 0.29) is 22.6 Å². The van der Waals surface area contributed by atoms with Crippen molar-refractivity contribution in [1.82, 2.24) is 20.2 Å². The lowest BCUT2D eigenvalue weighted by molar-refractivity contribution is 0.0957. The van der Waals surface area contributed by atoms with Gasteiger partial charge in [-0.2, -0.15) is 0 Å². The van der Waals surface area contributed by atoms with E-state index in [0.717, 1.165) is 38.0 Å². The fraction of sp³-hybridized carbons (Fsp3) is 0.400. The van der Waals surface area contributed by atoms with E-state index < -0.39 is 17.5 Å². The lowest BCUT2D eigenvalue weighted by Gasteiger charge is -2.37. The number of hydrogen-bond donors (Lipinski definition) is 2. The summed E-state index contributed by atoms with van der Waals surface area (Å²) in [7, 11) is 1.49. The van der Waals surface area contributed by atoms with Gasteiger partial charge in [-0.25, -0.2) is 13.8 Å². The topological polar surface area (TPSA) is 81.3 Å². The minimum Gasteiger partial charge on any atom is -0.368 e. The van der Waals surface area contributed by atoms with Gasteiger partial charge in [-0.1, -0.05) is 12.1 Å². The average Bonchev–Trinajstić information content (AvgIpc) is 3.34. The summed E-state index contributed by atoms with van der Waals surface area (Å²) in [6, 6.07) is 8.16. The van der Waals surface area contributed by atoms with Crippen LogP contribution in [0.1, 0.15) is 41.4 Å². The van der Waals surface area contributed by atoms with Gasteiger partial charge >= 0.3 is 0 Å². The first-order valence-corrected chi connectivity index (χ1v) is 11.6. The number of halogens is 2. The van der Waals surface area contributed by atoms with Crippen LogP contribution in [0.2, 0.25) is 0 Å². The Morgan fingerprint density at radius 3 is 2.65 bits per heavy atom. The molecule has 0 spiro atoms. The molecule has 2 fully saturated rings. The molecule has 2 aliphatic heterocycles. The Kier molecular flexibility index (Phi) is 6.03.